The summed E-state index contributed by atoms with van der Waals surface area (Å²) in [6, 6.07) is 5.95. The summed E-state index contributed by atoms with van der Waals surface area (Å²) in [4.78, 5) is 37.4. The van der Waals surface area contributed by atoms with Crippen LogP contribution in [0.2, 0.25) is 0 Å². The number of hydrogen-bond acceptors (Lipinski definition) is 8. The number of nitrogens with one attached hydrogen (secondary N) is 1. The Balaban J connectivity index is 2.27. The fraction of sp³-hybridized carbons (Fsp3) is 0.350. The first-order valence-corrected chi connectivity index (χ1v) is 11.9. The highest BCUT2D eigenvalue weighted by atomic mass is 32.2. The SMILES string of the molecule is CCOC(=O)c1sc(NC(=O)Cc2ccc(S(C)(=O)=O)cc2)c(C(=O)OCC)c1C. The number of benzene rings is 1. The fourth-order valence-corrected chi connectivity index (χ4v) is 4.39. The molecule has 0 saturated heterocycles. The van der Waals surface area contributed by atoms with E-state index in [0.717, 1.165) is 17.6 Å². The van der Waals surface area contributed by atoms with Gasteiger partial charge >= 0.3 is 11.9 Å². The molecule has 30 heavy (non-hydrogen) atoms. The summed E-state index contributed by atoms with van der Waals surface area (Å²) in [5.41, 5.74) is 1.09. The summed E-state index contributed by atoms with van der Waals surface area (Å²) in [6.07, 6.45) is 1.06. The highest BCUT2D eigenvalue weighted by molar-refractivity contribution is 7.90. The van der Waals surface area contributed by atoms with E-state index >= 15 is 0 Å². The molecule has 162 valence electrons. The second-order valence-corrected chi connectivity index (χ2v) is 9.38. The van der Waals surface area contributed by atoms with Gasteiger partial charge in [0.25, 0.3) is 0 Å². The minimum atomic E-state index is -3.33. The van der Waals surface area contributed by atoms with Crippen LogP contribution in [0.5, 0.6) is 0 Å². The van der Waals surface area contributed by atoms with Crippen LogP contribution in [0.15, 0.2) is 29.2 Å². The number of anilines is 1. The molecular formula is C20H23NO7S2. The third-order valence-electron chi connectivity index (χ3n) is 4.06. The first-order chi connectivity index (χ1) is 14.1. The second kappa shape index (κ2) is 9.86. The lowest BCUT2D eigenvalue weighted by Gasteiger charge is -2.07. The van der Waals surface area contributed by atoms with Crippen molar-refractivity contribution in [2.75, 3.05) is 24.8 Å². The van der Waals surface area contributed by atoms with Crippen LogP contribution in [-0.4, -0.2) is 45.7 Å². The standard InChI is InChI=1S/C20H23NO7S2/c1-5-27-19(23)16-12(3)17(20(24)28-6-2)29-18(16)21-15(22)11-13-7-9-14(10-8-13)30(4,25)26/h7-10H,5-6,11H2,1-4H3,(H,21,22). The van der Waals surface area contributed by atoms with E-state index in [0.29, 0.717) is 11.1 Å². The molecule has 0 aliphatic carbocycles. The number of ether oxygens (including phenoxy) is 2. The molecule has 0 saturated carbocycles. The summed E-state index contributed by atoms with van der Waals surface area (Å²) in [5.74, 6) is -1.65. The molecule has 1 aromatic heterocycles. The molecule has 0 spiro atoms. The van der Waals surface area contributed by atoms with Crippen LogP contribution in [0, 0.1) is 6.92 Å². The van der Waals surface area contributed by atoms with Crippen molar-refractivity contribution in [1.82, 2.24) is 0 Å². The maximum absolute atomic E-state index is 12.5. The van der Waals surface area contributed by atoms with Gasteiger partial charge in [-0.3, -0.25) is 4.79 Å². The van der Waals surface area contributed by atoms with Crippen LogP contribution in [0.1, 0.15) is 45.0 Å². The Kier molecular flexibility index (Phi) is 7.74. The molecule has 0 aliphatic heterocycles. The van der Waals surface area contributed by atoms with Crippen molar-refractivity contribution >= 4 is 44.0 Å². The van der Waals surface area contributed by atoms with Crippen molar-refractivity contribution in [1.29, 1.82) is 0 Å². The van der Waals surface area contributed by atoms with Gasteiger partial charge in [-0.1, -0.05) is 12.1 Å². The van der Waals surface area contributed by atoms with Crippen molar-refractivity contribution in [3.8, 4) is 0 Å². The lowest BCUT2D eigenvalue weighted by Crippen LogP contribution is -2.16. The normalized spacial score (nSPS) is 11.1. The number of carbonyl (C=O) groups excluding carboxylic acids is 3. The van der Waals surface area contributed by atoms with Crippen molar-refractivity contribution in [2.45, 2.75) is 32.1 Å². The van der Waals surface area contributed by atoms with Gasteiger partial charge < -0.3 is 14.8 Å². The van der Waals surface area contributed by atoms with Gasteiger partial charge in [0.1, 0.15) is 9.88 Å². The van der Waals surface area contributed by atoms with Gasteiger partial charge in [0.2, 0.25) is 5.91 Å². The largest absolute Gasteiger partial charge is 0.462 e. The molecule has 0 radical (unpaired) electrons. The Labute approximate surface area is 179 Å². The van der Waals surface area contributed by atoms with Gasteiger partial charge in [-0.25, -0.2) is 18.0 Å². The van der Waals surface area contributed by atoms with Crippen LogP contribution < -0.4 is 5.32 Å². The van der Waals surface area contributed by atoms with Crippen LogP contribution in [0.25, 0.3) is 0 Å². The number of rotatable bonds is 8. The molecule has 0 fully saturated rings. The molecule has 1 N–H and O–H groups in total. The Morgan fingerprint density at radius 2 is 1.57 bits per heavy atom. The van der Waals surface area contributed by atoms with E-state index in [9.17, 15) is 22.8 Å². The van der Waals surface area contributed by atoms with Crippen LogP contribution in [-0.2, 0) is 30.5 Å². The first-order valence-electron chi connectivity index (χ1n) is 9.14. The van der Waals surface area contributed by atoms with Gasteiger partial charge in [0, 0.05) is 6.26 Å². The minimum Gasteiger partial charge on any atom is -0.462 e. The van der Waals surface area contributed by atoms with Crippen LogP contribution in [0.4, 0.5) is 5.00 Å². The van der Waals surface area contributed by atoms with Crippen molar-refractivity contribution in [3.63, 3.8) is 0 Å². The van der Waals surface area contributed by atoms with Gasteiger partial charge in [-0.05, 0) is 44.0 Å². The molecule has 10 heteroatoms. The lowest BCUT2D eigenvalue weighted by molar-refractivity contribution is -0.115. The van der Waals surface area contributed by atoms with E-state index in [1.807, 2.05) is 0 Å². The highest BCUT2D eigenvalue weighted by Gasteiger charge is 2.27. The highest BCUT2D eigenvalue weighted by Crippen LogP contribution is 2.34. The zero-order chi connectivity index (χ0) is 22.5. The predicted octanol–water partition coefficient (Wildman–Crippen LogP) is 2.99. The Morgan fingerprint density at radius 3 is 2.10 bits per heavy atom. The summed E-state index contributed by atoms with van der Waals surface area (Å²) >= 11 is 0.946. The molecule has 2 aromatic rings. The smallest absolute Gasteiger partial charge is 0.348 e. The molecule has 0 atom stereocenters. The summed E-state index contributed by atoms with van der Waals surface area (Å²) in [7, 11) is -3.33. The van der Waals surface area contributed by atoms with E-state index in [1.54, 1.807) is 32.9 Å². The monoisotopic (exact) mass is 453 g/mol. The number of sulfone groups is 1. The van der Waals surface area contributed by atoms with Gasteiger partial charge in [-0.2, -0.15) is 0 Å². The zero-order valence-electron chi connectivity index (χ0n) is 17.1. The summed E-state index contributed by atoms with van der Waals surface area (Å²) < 4.78 is 33.1. The average molecular weight is 454 g/mol. The maximum atomic E-state index is 12.5. The van der Waals surface area contributed by atoms with Gasteiger partial charge in [0.05, 0.1) is 30.1 Å². The fourth-order valence-electron chi connectivity index (χ4n) is 2.65. The third kappa shape index (κ3) is 5.67. The van der Waals surface area contributed by atoms with Gasteiger partial charge in [-0.15, -0.1) is 11.3 Å². The minimum absolute atomic E-state index is 0.0437. The van der Waals surface area contributed by atoms with Crippen molar-refractivity contribution in [3.05, 3.63) is 45.8 Å². The second-order valence-electron chi connectivity index (χ2n) is 6.34. The molecule has 8 nitrogen and oxygen atoms in total. The van der Waals surface area contributed by atoms with E-state index < -0.39 is 27.7 Å². The molecular weight excluding hydrogens is 430 g/mol. The Hall–Kier alpha value is -2.72. The van der Waals surface area contributed by atoms with E-state index in [2.05, 4.69) is 5.32 Å². The number of amides is 1. The zero-order valence-corrected chi connectivity index (χ0v) is 18.7. The lowest BCUT2D eigenvalue weighted by atomic mass is 10.1. The summed E-state index contributed by atoms with van der Waals surface area (Å²) in [5, 5.41) is 2.85. The molecule has 0 bridgehead atoms. The number of thiophene rings is 1. The predicted molar refractivity (Wildman–Crippen MR) is 113 cm³/mol. The maximum Gasteiger partial charge on any atom is 0.348 e. The number of carbonyl (C=O) groups is 3. The topological polar surface area (TPSA) is 116 Å². The molecule has 2 rings (SSSR count). The molecule has 1 amide bonds. The van der Waals surface area contributed by atoms with Crippen LogP contribution >= 0.6 is 11.3 Å². The molecule has 1 aromatic carbocycles. The first kappa shape index (κ1) is 23.6. The van der Waals surface area contributed by atoms with Crippen molar-refractivity contribution < 1.29 is 32.3 Å². The van der Waals surface area contributed by atoms with E-state index in [-0.39, 0.29) is 40.0 Å². The molecule has 1 heterocycles. The summed E-state index contributed by atoms with van der Waals surface area (Å²) in [6.45, 7) is 5.24. The third-order valence-corrected chi connectivity index (χ3v) is 6.37. The van der Waals surface area contributed by atoms with E-state index in [4.69, 9.17) is 9.47 Å². The molecule has 0 unspecified atom stereocenters. The number of esters is 2. The molecule has 0 aliphatic rings. The van der Waals surface area contributed by atoms with E-state index in [1.165, 1.54) is 12.1 Å². The quantitative estimate of drug-likeness (QED) is 0.611. The van der Waals surface area contributed by atoms with Crippen LogP contribution in [0.3, 0.4) is 0 Å². The Morgan fingerprint density at radius 1 is 1.00 bits per heavy atom. The van der Waals surface area contributed by atoms with Gasteiger partial charge in [0.15, 0.2) is 9.84 Å². The number of hydrogen-bond donors (Lipinski definition) is 1. The Bertz CT molecular complexity index is 1050. The average Bonchev–Trinajstić information content (AvgIpc) is 2.97. The van der Waals surface area contributed by atoms with Crippen molar-refractivity contribution in [2.24, 2.45) is 0 Å².